The summed E-state index contributed by atoms with van der Waals surface area (Å²) in [5.74, 6) is 0.450. The summed E-state index contributed by atoms with van der Waals surface area (Å²) in [5.41, 5.74) is 1.74. The van der Waals surface area contributed by atoms with Gasteiger partial charge >= 0.3 is 5.97 Å². The number of rotatable bonds is 4. The van der Waals surface area contributed by atoms with Gasteiger partial charge in [0.2, 0.25) is 6.39 Å². The number of hydrogen-bond acceptors (Lipinski definition) is 5. The molecule has 0 unspecified atom stereocenters. The first-order chi connectivity index (χ1) is 9.69. The van der Waals surface area contributed by atoms with E-state index in [2.05, 4.69) is 15.1 Å². The van der Waals surface area contributed by atoms with Crippen molar-refractivity contribution in [1.82, 2.24) is 19.7 Å². The number of carboxylic acids is 1. The lowest BCUT2D eigenvalue weighted by molar-refractivity contribution is 0.0697. The lowest BCUT2D eigenvalue weighted by atomic mass is 10.2. The summed E-state index contributed by atoms with van der Waals surface area (Å²) in [5, 5.41) is 12.8. The van der Waals surface area contributed by atoms with E-state index in [4.69, 9.17) is 9.63 Å². The van der Waals surface area contributed by atoms with Crippen LogP contribution in [0.25, 0.3) is 11.0 Å². The van der Waals surface area contributed by atoms with Crippen LogP contribution in [0.4, 0.5) is 0 Å². The number of aromatic carboxylic acids is 1. The van der Waals surface area contributed by atoms with Crippen LogP contribution in [0.3, 0.4) is 0 Å². The minimum atomic E-state index is -0.960. The molecule has 7 heteroatoms. The molecule has 2 heterocycles. The van der Waals surface area contributed by atoms with Crippen molar-refractivity contribution in [1.29, 1.82) is 0 Å². The number of nitrogens with zero attached hydrogens (tertiary/aromatic N) is 4. The van der Waals surface area contributed by atoms with Crippen molar-refractivity contribution in [2.24, 2.45) is 0 Å². The minimum Gasteiger partial charge on any atom is -0.478 e. The maximum atomic E-state index is 11.0. The van der Waals surface area contributed by atoms with Crippen molar-refractivity contribution >= 4 is 17.0 Å². The third kappa shape index (κ3) is 2.03. The van der Waals surface area contributed by atoms with Crippen LogP contribution in [-0.2, 0) is 13.0 Å². The van der Waals surface area contributed by atoms with Gasteiger partial charge in [0.05, 0.1) is 23.1 Å². The van der Waals surface area contributed by atoms with E-state index in [9.17, 15) is 4.79 Å². The van der Waals surface area contributed by atoms with Gasteiger partial charge in [-0.2, -0.15) is 4.98 Å². The lowest BCUT2D eigenvalue weighted by Crippen LogP contribution is -2.05. The Hall–Kier alpha value is -2.70. The highest BCUT2D eigenvalue weighted by Crippen LogP contribution is 2.19. The van der Waals surface area contributed by atoms with Crippen molar-refractivity contribution < 1.29 is 14.4 Å². The highest BCUT2D eigenvalue weighted by Gasteiger charge is 2.13. The predicted molar refractivity (Wildman–Crippen MR) is 69.5 cm³/mol. The zero-order chi connectivity index (χ0) is 14.1. The monoisotopic (exact) mass is 272 g/mol. The molecule has 3 rings (SSSR count). The molecule has 0 saturated heterocycles. The number of carboxylic acid groups (broad SMARTS) is 1. The van der Waals surface area contributed by atoms with Crippen LogP contribution in [0.15, 0.2) is 29.1 Å². The molecule has 0 aliphatic rings. The van der Waals surface area contributed by atoms with E-state index < -0.39 is 5.97 Å². The van der Waals surface area contributed by atoms with Crippen molar-refractivity contribution in [3.05, 3.63) is 41.8 Å². The predicted octanol–water partition coefficient (Wildman–Crippen LogP) is 1.73. The summed E-state index contributed by atoms with van der Waals surface area (Å²) in [7, 11) is 0. The van der Waals surface area contributed by atoms with Gasteiger partial charge in [-0.15, -0.1) is 0 Å². The van der Waals surface area contributed by atoms with Gasteiger partial charge in [0.1, 0.15) is 5.82 Å². The number of aryl methyl sites for hydroxylation is 1. The fourth-order valence-corrected chi connectivity index (χ4v) is 2.16. The molecule has 0 aliphatic carbocycles. The molecule has 0 atom stereocenters. The van der Waals surface area contributed by atoms with Crippen LogP contribution in [0.1, 0.15) is 28.9 Å². The Labute approximate surface area is 113 Å². The van der Waals surface area contributed by atoms with Crippen LogP contribution in [0.5, 0.6) is 0 Å². The van der Waals surface area contributed by atoms with E-state index in [0.29, 0.717) is 17.9 Å². The fraction of sp³-hybridized carbons (Fsp3) is 0.231. The molecule has 0 bridgehead atoms. The Balaban J connectivity index is 2.12. The normalized spacial score (nSPS) is 11.1. The average Bonchev–Trinajstić information content (AvgIpc) is 3.06. The van der Waals surface area contributed by atoms with Gasteiger partial charge in [0.25, 0.3) is 0 Å². The molecule has 0 aliphatic heterocycles. The van der Waals surface area contributed by atoms with Gasteiger partial charge in [-0.1, -0.05) is 12.1 Å². The van der Waals surface area contributed by atoms with Gasteiger partial charge in [0.15, 0.2) is 5.82 Å². The second-order valence-electron chi connectivity index (χ2n) is 4.32. The molecule has 3 aromatic rings. The summed E-state index contributed by atoms with van der Waals surface area (Å²) in [6.45, 7) is 2.44. The third-order valence-electron chi connectivity index (χ3n) is 3.10. The van der Waals surface area contributed by atoms with Crippen molar-refractivity contribution in [2.45, 2.75) is 19.9 Å². The Morgan fingerprint density at radius 3 is 2.95 bits per heavy atom. The van der Waals surface area contributed by atoms with Crippen LogP contribution in [0.2, 0.25) is 0 Å². The van der Waals surface area contributed by atoms with Crippen molar-refractivity contribution in [2.75, 3.05) is 0 Å². The molecule has 7 nitrogen and oxygen atoms in total. The molecule has 1 aromatic carbocycles. The Morgan fingerprint density at radius 2 is 2.30 bits per heavy atom. The van der Waals surface area contributed by atoms with Crippen molar-refractivity contribution in [3.8, 4) is 0 Å². The largest absolute Gasteiger partial charge is 0.478 e. The Bertz CT molecular complexity index is 761. The number of benzene rings is 1. The lowest BCUT2D eigenvalue weighted by Gasteiger charge is -2.04. The van der Waals surface area contributed by atoms with Crippen LogP contribution in [0, 0.1) is 0 Å². The SMILES string of the molecule is CCc1nc2cc(C(=O)O)ccc2n1Cc1ncon1. The smallest absolute Gasteiger partial charge is 0.335 e. The first-order valence-corrected chi connectivity index (χ1v) is 6.16. The number of imidazole rings is 1. The summed E-state index contributed by atoms with van der Waals surface area (Å²) in [6, 6.07) is 4.90. The molecule has 0 amide bonds. The zero-order valence-corrected chi connectivity index (χ0v) is 10.8. The Morgan fingerprint density at radius 1 is 1.45 bits per heavy atom. The molecule has 102 valence electrons. The number of hydrogen-bond donors (Lipinski definition) is 1. The molecule has 20 heavy (non-hydrogen) atoms. The van der Waals surface area contributed by atoms with Gasteiger partial charge in [0, 0.05) is 6.42 Å². The molecule has 2 aromatic heterocycles. The summed E-state index contributed by atoms with van der Waals surface area (Å²) >= 11 is 0. The molecule has 0 saturated carbocycles. The standard InChI is InChI=1S/C13H12N4O3/c1-2-12-15-9-5-8(13(18)19)3-4-10(9)17(12)6-11-14-7-20-16-11/h3-5,7H,2,6H2,1H3,(H,18,19). The molecule has 1 N–H and O–H groups in total. The summed E-state index contributed by atoms with van der Waals surface area (Å²) < 4.78 is 6.69. The number of aromatic nitrogens is 4. The summed E-state index contributed by atoms with van der Waals surface area (Å²) in [4.78, 5) is 19.5. The van der Waals surface area contributed by atoms with E-state index in [0.717, 1.165) is 17.8 Å². The maximum absolute atomic E-state index is 11.0. The zero-order valence-electron chi connectivity index (χ0n) is 10.8. The van der Waals surface area contributed by atoms with E-state index in [1.807, 2.05) is 11.5 Å². The minimum absolute atomic E-state index is 0.226. The van der Waals surface area contributed by atoms with Crippen LogP contribution >= 0.6 is 0 Å². The number of carbonyl (C=O) groups is 1. The van der Waals surface area contributed by atoms with Crippen LogP contribution < -0.4 is 0 Å². The third-order valence-corrected chi connectivity index (χ3v) is 3.10. The van der Waals surface area contributed by atoms with Gasteiger partial charge in [-0.25, -0.2) is 9.78 Å². The Kier molecular flexibility index (Phi) is 2.94. The van der Waals surface area contributed by atoms with Crippen LogP contribution in [-0.4, -0.2) is 30.8 Å². The molecular weight excluding hydrogens is 260 g/mol. The second kappa shape index (κ2) is 4.76. The summed E-state index contributed by atoms with van der Waals surface area (Å²) in [6.07, 6.45) is 2.01. The van der Waals surface area contributed by atoms with E-state index in [-0.39, 0.29) is 5.56 Å². The van der Waals surface area contributed by atoms with Gasteiger partial charge < -0.3 is 14.2 Å². The fourth-order valence-electron chi connectivity index (χ4n) is 2.16. The first-order valence-electron chi connectivity index (χ1n) is 6.16. The quantitative estimate of drug-likeness (QED) is 0.777. The van der Waals surface area contributed by atoms with Gasteiger partial charge in [-0.05, 0) is 18.2 Å². The maximum Gasteiger partial charge on any atom is 0.335 e. The second-order valence-corrected chi connectivity index (χ2v) is 4.32. The number of fused-ring (bicyclic) bond motifs is 1. The van der Waals surface area contributed by atoms with Crippen molar-refractivity contribution in [3.63, 3.8) is 0 Å². The molecule has 0 radical (unpaired) electrons. The molecule has 0 fully saturated rings. The average molecular weight is 272 g/mol. The molecular formula is C13H12N4O3. The molecule has 0 spiro atoms. The van der Waals surface area contributed by atoms with Gasteiger partial charge in [-0.3, -0.25) is 0 Å². The van der Waals surface area contributed by atoms with E-state index in [1.54, 1.807) is 18.2 Å². The van der Waals surface area contributed by atoms with E-state index >= 15 is 0 Å². The highest BCUT2D eigenvalue weighted by molar-refractivity contribution is 5.92. The highest BCUT2D eigenvalue weighted by atomic mass is 16.5. The van der Waals surface area contributed by atoms with E-state index in [1.165, 1.54) is 6.39 Å². The first kappa shape index (κ1) is 12.3. The topological polar surface area (TPSA) is 94.0 Å².